The standard InChI is InChI=1S/C12H14N4O2S/c1-8-5-6-10(13)9(2)12(8)19(17,18)16-11-4-3-7-14-15-11/h3-7H,13H2,1-2H3,(H,15,16). The molecule has 1 aromatic carbocycles. The van der Waals surface area contributed by atoms with Crippen molar-refractivity contribution in [2.24, 2.45) is 0 Å². The number of nitrogens with two attached hydrogens (primary N) is 1. The van der Waals surface area contributed by atoms with E-state index in [1.165, 1.54) is 12.3 Å². The van der Waals surface area contributed by atoms with Crippen LogP contribution in [0.4, 0.5) is 11.5 Å². The molecule has 2 aromatic rings. The summed E-state index contributed by atoms with van der Waals surface area (Å²) in [5.41, 5.74) is 7.35. The Bertz CT molecular complexity index is 699. The first-order chi connectivity index (χ1) is 8.92. The van der Waals surface area contributed by atoms with Gasteiger partial charge in [0, 0.05) is 11.9 Å². The van der Waals surface area contributed by atoms with E-state index in [4.69, 9.17) is 5.73 Å². The molecule has 0 saturated heterocycles. The van der Waals surface area contributed by atoms with Crippen LogP contribution in [0.1, 0.15) is 11.1 Å². The van der Waals surface area contributed by atoms with E-state index in [1.807, 2.05) is 0 Å². The van der Waals surface area contributed by atoms with E-state index in [-0.39, 0.29) is 10.7 Å². The number of anilines is 2. The molecule has 19 heavy (non-hydrogen) atoms. The predicted octanol–water partition coefficient (Wildman–Crippen LogP) is 1.48. The fourth-order valence-corrected chi connectivity index (χ4v) is 3.30. The van der Waals surface area contributed by atoms with Gasteiger partial charge in [0.2, 0.25) is 0 Å². The van der Waals surface area contributed by atoms with Gasteiger partial charge >= 0.3 is 0 Å². The number of nitrogens with zero attached hydrogens (tertiary/aromatic N) is 2. The maximum absolute atomic E-state index is 12.4. The fraction of sp³-hybridized carbons (Fsp3) is 0.167. The lowest BCUT2D eigenvalue weighted by molar-refractivity contribution is 0.599. The first-order valence-electron chi connectivity index (χ1n) is 5.58. The largest absolute Gasteiger partial charge is 0.398 e. The maximum Gasteiger partial charge on any atom is 0.263 e. The van der Waals surface area contributed by atoms with Crippen LogP contribution < -0.4 is 10.5 Å². The van der Waals surface area contributed by atoms with E-state index in [1.54, 1.807) is 32.0 Å². The van der Waals surface area contributed by atoms with Crippen molar-refractivity contribution >= 4 is 21.5 Å². The summed E-state index contributed by atoms with van der Waals surface area (Å²) in [7, 11) is -3.73. The molecule has 0 fully saturated rings. The minimum Gasteiger partial charge on any atom is -0.398 e. The van der Waals surface area contributed by atoms with Crippen molar-refractivity contribution in [3.8, 4) is 0 Å². The highest BCUT2D eigenvalue weighted by atomic mass is 32.2. The summed E-state index contributed by atoms with van der Waals surface area (Å²) >= 11 is 0. The molecule has 0 spiro atoms. The van der Waals surface area contributed by atoms with Crippen molar-refractivity contribution in [2.45, 2.75) is 18.7 Å². The van der Waals surface area contributed by atoms with Crippen LogP contribution in [-0.4, -0.2) is 18.6 Å². The normalized spacial score (nSPS) is 11.3. The monoisotopic (exact) mass is 278 g/mol. The summed E-state index contributed by atoms with van der Waals surface area (Å²) in [6, 6.07) is 6.49. The third-order valence-electron chi connectivity index (χ3n) is 2.72. The van der Waals surface area contributed by atoms with Gasteiger partial charge in [-0.05, 0) is 43.2 Å². The molecule has 7 heteroatoms. The number of aromatic nitrogens is 2. The van der Waals surface area contributed by atoms with Crippen LogP contribution in [0.5, 0.6) is 0 Å². The van der Waals surface area contributed by atoms with Crippen LogP contribution in [0.2, 0.25) is 0 Å². The molecule has 0 unspecified atom stereocenters. The molecule has 0 aliphatic rings. The zero-order valence-electron chi connectivity index (χ0n) is 10.6. The van der Waals surface area contributed by atoms with Gasteiger partial charge in [-0.2, -0.15) is 5.10 Å². The molecular weight excluding hydrogens is 264 g/mol. The summed E-state index contributed by atoms with van der Waals surface area (Å²) in [6.45, 7) is 3.39. The number of sulfonamides is 1. The quantitative estimate of drug-likeness (QED) is 0.829. The lowest BCUT2D eigenvalue weighted by Crippen LogP contribution is -2.17. The molecule has 2 rings (SSSR count). The van der Waals surface area contributed by atoms with Gasteiger partial charge in [-0.3, -0.25) is 4.72 Å². The van der Waals surface area contributed by atoms with Gasteiger partial charge in [0.05, 0.1) is 4.90 Å². The molecule has 0 amide bonds. The molecule has 0 atom stereocenters. The van der Waals surface area contributed by atoms with Crippen LogP contribution in [-0.2, 0) is 10.0 Å². The number of nitrogen functional groups attached to an aromatic ring is 1. The number of hydrogen-bond acceptors (Lipinski definition) is 5. The van der Waals surface area contributed by atoms with E-state index in [9.17, 15) is 8.42 Å². The first-order valence-corrected chi connectivity index (χ1v) is 7.06. The zero-order valence-corrected chi connectivity index (χ0v) is 11.4. The zero-order chi connectivity index (χ0) is 14.0. The molecule has 0 aliphatic carbocycles. The molecule has 3 N–H and O–H groups in total. The lowest BCUT2D eigenvalue weighted by atomic mass is 10.1. The number of nitrogens with one attached hydrogen (secondary N) is 1. The molecule has 0 aliphatic heterocycles. The van der Waals surface area contributed by atoms with E-state index in [0.29, 0.717) is 16.8 Å². The number of hydrogen-bond donors (Lipinski definition) is 2. The molecule has 0 saturated carbocycles. The lowest BCUT2D eigenvalue weighted by Gasteiger charge is -2.13. The Balaban J connectivity index is 2.49. The van der Waals surface area contributed by atoms with Crippen LogP contribution in [0.15, 0.2) is 35.4 Å². The molecular formula is C12H14N4O2S. The second kappa shape index (κ2) is 4.85. The van der Waals surface area contributed by atoms with Crippen molar-refractivity contribution < 1.29 is 8.42 Å². The van der Waals surface area contributed by atoms with E-state index in [2.05, 4.69) is 14.9 Å². The highest BCUT2D eigenvalue weighted by Gasteiger charge is 2.21. The second-order valence-electron chi connectivity index (χ2n) is 4.14. The smallest absolute Gasteiger partial charge is 0.263 e. The summed E-state index contributed by atoms with van der Waals surface area (Å²) < 4.78 is 27.1. The Morgan fingerprint density at radius 1 is 1.21 bits per heavy atom. The molecule has 100 valence electrons. The van der Waals surface area contributed by atoms with Gasteiger partial charge in [-0.15, -0.1) is 5.10 Å². The third kappa shape index (κ3) is 2.65. The molecule has 6 nitrogen and oxygen atoms in total. The molecule has 1 aromatic heterocycles. The van der Waals surface area contributed by atoms with Gasteiger partial charge in [-0.25, -0.2) is 8.42 Å². The average molecular weight is 278 g/mol. The minimum atomic E-state index is -3.73. The first kappa shape index (κ1) is 13.3. The Labute approximate surface area is 111 Å². The highest BCUT2D eigenvalue weighted by molar-refractivity contribution is 7.92. The van der Waals surface area contributed by atoms with Gasteiger partial charge < -0.3 is 5.73 Å². The Morgan fingerprint density at radius 3 is 2.58 bits per heavy atom. The number of rotatable bonds is 3. The highest BCUT2D eigenvalue weighted by Crippen LogP contribution is 2.26. The van der Waals surface area contributed by atoms with E-state index >= 15 is 0 Å². The van der Waals surface area contributed by atoms with Crippen LogP contribution in [0, 0.1) is 13.8 Å². The minimum absolute atomic E-state index is 0.170. The van der Waals surface area contributed by atoms with E-state index < -0.39 is 10.0 Å². The van der Waals surface area contributed by atoms with Crippen LogP contribution in [0.3, 0.4) is 0 Å². The van der Waals surface area contributed by atoms with Gasteiger partial charge in [0.1, 0.15) is 0 Å². The fourth-order valence-electron chi connectivity index (χ4n) is 1.80. The number of benzene rings is 1. The SMILES string of the molecule is Cc1ccc(N)c(C)c1S(=O)(=O)Nc1cccnn1. The van der Waals surface area contributed by atoms with Crippen molar-refractivity contribution in [1.29, 1.82) is 0 Å². The van der Waals surface area contributed by atoms with E-state index in [0.717, 1.165) is 0 Å². The molecule has 1 heterocycles. The van der Waals surface area contributed by atoms with Crippen molar-refractivity contribution in [1.82, 2.24) is 10.2 Å². The summed E-state index contributed by atoms with van der Waals surface area (Å²) in [4.78, 5) is 0.179. The van der Waals surface area contributed by atoms with Crippen molar-refractivity contribution in [3.63, 3.8) is 0 Å². The van der Waals surface area contributed by atoms with Crippen LogP contribution in [0.25, 0.3) is 0 Å². The molecule has 0 radical (unpaired) electrons. The second-order valence-corrected chi connectivity index (χ2v) is 5.76. The maximum atomic E-state index is 12.4. The Morgan fingerprint density at radius 2 is 1.95 bits per heavy atom. The topological polar surface area (TPSA) is 98.0 Å². The summed E-state index contributed by atoms with van der Waals surface area (Å²) in [5.74, 6) is 0.170. The summed E-state index contributed by atoms with van der Waals surface area (Å²) in [6.07, 6.45) is 1.47. The van der Waals surface area contributed by atoms with Gasteiger partial charge in [-0.1, -0.05) is 6.07 Å². The number of aryl methyl sites for hydroxylation is 1. The Kier molecular flexibility index (Phi) is 3.39. The van der Waals surface area contributed by atoms with Gasteiger partial charge in [0.15, 0.2) is 5.82 Å². The van der Waals surface area contributed by atoms with Gasteiger partial charge in [0.25, 0.3) is 10.0 Å². The third-order valence-corrected chi connectivity index (χ3v) is 4.37. The molecule has 0 bridgehead atoms. The average Bonchev–Trinajstić information content (AvgIpc) is 2.35. The van der Waals surface area contributed by atoms with Crippen molar-refractivity contribution in [2.75, 3.05) is 10.5 Å². The predicted molar refractivity (Wildman–Crippen MR) is 73.2 cm³/mol. The van der Waals surface area contributed by atoms with Crippen molar-refractivity contribution in [3.05, 3.63) is 41.6 Å². The summed E-state index contributed by atoms with van der Waals surface area (Å²) in [5, 5.41) is 7.32. The Hall–Kier alpha value is -2.15. The van der Waals surface area contributed by atoms with Crippen LogP contribution >= 0.6 is 0 Å².